The van der Waals surface area contributed by atoms with Gasteiger partial charge < -0.3 is 15.0 Å². The van der Waals surface area contributed by atoms with Gasteiger partial charge in [0.1, 0.15) is 12.3 Å². The predicted molar refractivity (Wildman–Crippen MR) is 57.8 cm³/mol. The molecule has 1 aliphatic rings. The van der Waals surface area contributed by atoms with E-state index in [1.54, 1.807) is 11.1 Å². The van der Waals surface area contributed by atoms with E-state index >= 15 is 0 Å². The molecule has 7 heteroatoms. The average molecular weight is 258 g/mol. The van der Waals surface area contributed by atoms with E-state index in [4.69, 9.17) is 0 Å². The summed E-state index contributed by atoms with van der Waals surface area (Å²) >= 11 is 0. The number of nitrogens with zero attached hydrogens (tertiary/aromatic N) is 1. The van der Waals surface area contributed by atoms with Gasteiger partial charge in [0, 0.05) is 18.1 Å². The van der Waals surface area contributed by atoms with E-state index in [1.165, 1.54) is 30.5 Å². The highest BCUT2D eigenvalue weighted by Crippen LogP contribution is 2.25. The van der Waals surface area contributed by atoms with Crippen LogP contribution in [0.3, 0.4) is 0 Å². The van der Waals surface area contributed by atoms with Crippen LogP contribution in [0.5, 0.6) is 5.75 Å². The summed E-state index contributed by atoms with van der Waals surface area (Å²) in [4.78, 5) is 12.7. The molecule has 96 valence electrons. The molecule has 1 aromatic carbocycles. The van der Waals surface area contributed by atoms with Crippen LogP contribution in [0, 0.1) is 0 Å². The molecule has 18 heavy (non-hydrogen) atoms. The van der Waals surface area contributed by atoms with Crippen molar-refractivity contribution in [1.29, 1.82) is 0 Å². The molecule has 1 heterocycles. The number of carbonyl (C=O) groups is 1. The van der Waals surface area contributed by atoms with Crippen molar-refractivity contribution < 1.29 is 22.7 Å². The van der Waals surface area contributed by atoms with Crippen molar-refractivity contribution in [3.63, 3.8) is 0 Å². The maximum atomic E-state index is 12.0. The van der Waals surface area contributed by atoms with Crippen molar-refractivity contribution in [2.24, 2.45) is 0 Å². The summed E-state index contributed by atoms with van der Waals surface area (Å²) in [6, 6.07) is 5.29. The van der Waals surface area contributed by atoms with Crippen LogP contribution in [0.2, 0.25) is 0 Å². The van der Waals surface area contributed by atoms with Crippen molar-refractivity contribution in [2.75, 3.05) is 11.4 Å². The monoisotopic (exact) mass is 258 g/mol. The number of rotatable bonds is 2. The van der Waals surface area contributed by atoms with E-state index < -0.39 is 6.36 Å². The zero-order valence-corrected chi connectivity index (χ0v) is 9.07. The summed E-state index contributed by atoms with van der Waals surface area (Å²) in [6.45, 7) is 0.121. The number of anilines is 1. The van der Waals surface area contributed by atoms with E-state index in [9.17, 15) is 18.0 Å². The van der Waals surface area contributed by atoms with Gasteiger partial charge in [-0.2, -0.15) is 0 Å². The molecule has 0 unspecified atom stereocenters. The van der Waals surface area contributed by atoms with Gasteiger partial charge in [0.2, 0.25) is 5.91 Å². The molecule has 0 radical (unpaired) electrons. The molecule has 1 N–H and O–H groups in total. The Morgan fingerprint density at radius 3 is 2.44 bits per heavy atom. The van der Waals surface area contributed by atoms with Crippen molar-refractivity contribution >= 4 is 11.6 Å². The largest absolute Gasteiger partial charge is 0.573 e. The third kappa shape index (κ3) is 3.16. The molecule has 0 aliphatic carbocycles. The fourth-order valence-electron chi connectivity index (χ4n) is 1.49. The summed E-state index contributed by atoms with van der Waals surface area (Å²) in [5.74, 6) is -0.482. The first-order valence-electron chi connectivity index (χ1n) is 5.02. The summed E-state index contributed by atoms with van der Waals surface area (Å²) in [7, 11) is 0. The van der Waals surface area contributed by atoms with Crippen molar-refractivity contribution in [2.45, 2.75) is 6.36 Å². The molecule has 0 saturated carbocycles. The number of nitrogens with one attached hydrogen (secondary N) is 1. The lowest BCUT2D eigenvalue weighted by molar-refractivity contribution is -0.274. The highest BCUT2D eigenvalue weighted by molar-refractivity contribution is 5.84. The second kappa shape index (κ2) is 4.59. The summed E-state index contributed by atoms with van der Waals surface area (Å²) < 4.78 is 39.6. The average Bonchev–Trinajstić information content (AvgIpc) is 2.28. The Bertz CT molecular complexity index is 468. The number of ether oxygens (including phenoxy) is 1. The normalized spacial score (nSPS) is 15.5. The molecule has 0 saturated heterocycles. The van der Waals surface area contributed by atoms with Crippen LogP contribution >= 0.6 is 0 Å². The molecule has 0 bridgehead atoms. The number of alkyl halides is 3. The third-order valence-corrected chi connectivity index (χ3v) is 2.21. The Labute approximate surface area is 101 Å². The minimum absolute atomic E-state index is 0.121. The van der Waals surface area contributed by atoms with Gasteiger partial charge in [-0.05, 0) is 24.3 Å². The number of hydrogen-bond donors (Lipinski definition) is 1. The molecule has 0 aromatic heterocycles. The smallest absolute Gasteiger partial charge is 0.406 e. The van der Waals surface area contributed by atoms with E-state index in [2.05, 4.69) is 10.1 Å². The van der Waals surface area contributed by atoms with Crippen molar-refractivity contribution in [1.82, 2.24) is 5.32 Å². The molecule has 1 aliphatic heterocycles. The molecule has 4 nitrogen and oxygen atoms in total. The second-order valence-electron chi connectivity index (χ2n) is 3.55. The maximum Gasteiger partial charge on any atom is 0.573 e. The minimum atomic E-state index is -4.70. The molecule has 0 fully saturated rings. The molecule has 1 aromatic rings. The van der Waals surface area contributed by atoms with Crippen LogP contribution in [-0.2, 0) is 4.79 Å². The van der Waals surface area contributed by atoms with Crippen LogP contribution < -0.4 is 15.0 Å². The van der Waals surface area contributed by atoms with E-state index in [0.717, 1.165) is 0 Å². The number of halogens is 3. The second-order valence-corrected chi connectivity index (χ2v) is 3.55. The van der Waals surface area contributed by atoms with Gasteiger partial charge in [-0.3, -0.25) is 4.79 Å². The topological polar surface area (TPSA) is 41.6 Å². The van der Waals surface area contributed by atoms with E-state index in [-0.39, 0.29) is 18.2 Å². The summed E-state index contributed by atoms with van der Waals surface area (Å²) in [6.07, 6.45) is -1.61. The Balaban J connectivity index is 2.10. The van der Waals surface area contributed by atoms with Crippen molar-refractivity contribution in [3.8, 4) is 5.75 Å². The Hall–Kier alpha value is -2.18. The molecular weight excluding hydrogens is 249 g/mol. The maximum absolute atomic E-state index is 12.0. The van der Waals surface area contributed by atoms with Gasteiger partial charge in [0.25, 0.3) is 0 Å². The quantitative estimate of drug-likeness (QED) is 0.882. The molecular formula is C11H9F3N2O2. The lowest BCUT2D eigenvalue weighted by atomic mass is 10.2. The van der Waals surface area contributed by atoms with E-state index in [0.29, 0.717) is 5.69 Å². The van der Waals surface area contributed by atoms with Crippen LogP contribution in [0.1, 0.15) is 0 Å². The van der Waals surface area contributed by atoms with Gasteiger partial charge in [-0.15, -0.1) is 13.2 Å². The lowest BCUT2D eigenvalue weighted by Gasteiger charge is -2.23. The van der Waals surface area contributed by atoms with Gasteiger partial charge >= 0.3 is 6.36 Å². The Kier molecular flexibility index (Phi) is 3.14. The molecule has 0 spiro atoms. The lowest BCUT2D eigenvalue weighted by Crippen LogP contribution is -2.36. The highest BCUT2D eigenvalue weighted by Gasteiger charge is 2.31. The summed E-state index contributed by atoms with van der Waals surface area (Å²) in [5.41, 5.74) is 0.607. The summed E-state index contributed by atoms with van der Waals surface area (Å²) in [5, 5.41) is 2.49. The van der Waals surface area contributed by atoms with Crippen LogP contribution in [0.25, 0.3) is 0 Å². The van der Waals surface area contributed by atoms with Gasteiger partial charge in [-0.25, -0.2) is 0 Å². The Morgan fingerprint density at radius 1 is 1.22 bits per heavy atom. The molecule has 0 atom stereocenters. The first-order valence-corrected chi connectivity index (χ1v) is 5.02. The van der Waals surface area contributed by atoms with Gasteiger partial charge in [0.05, 0.1) is 0 Å². The van der Waals surface area contributed by atoms with Crippen LogP contribution in [0.15, 0.2) is 36.7 Å². The number of amides is 1. The van der Waals surface area contributed by atoms with Crippen LogP contribution in [-0.4, -0.2) is 18.8 Å². The molecule has 2 rings (SSSR count). The fraction of sp³-hybridized carbons (Fsp3) is 0.182. The van der Waals surface area contributed by atoms with Gasteiger partial charge in [0.15, 0.2) is 0 Å². The third-order valence-electron chi connectivity index (χ3n) is 2.21. The highest BCUT2D eigenvalue weighted by atomic mass is 19.4. The minimum Gasteiger partial charge on any atom is -0.406 e. The number of hydrogen-bond acceptors (Lipinski definition) is 3. The molecule has 1 amide bonds. The zero-order chi connectivity index (χ0) is 13.2. The fourth-order valence-corrected chi connectivity index (χ4v) is 1.49. The van der Waals surface area contributed by atoms with Crippen molar-refractivity contribution in [3.05, 3.63) is 36.7 Å². The van der Waals surface area contributed by atoms with Crippen LogP contribution in [0.4, 0.5) is 18.9 Å². The first-order chi connectivity index (χ1) is 8.44. The standard InChI is InChI=1S/C11H9F3N2O2/c12-11(13,14)18-9-3-1-8(2-4-9)16-6-5-15-10(17)7-16/h1-6H,7H2,(H,15,17). The van der Waals surface area contributed by atoms with Gasteiger partial charge in [-0.1, -0.05) is 0 Å². The predicted octanol–water partition coefficient (Wildman–Crippen LogP) is 1.99. The van der Waals surface area contributed by atoms with E-state index in [1.807, 2.05) is 0 Å². The zero-order valence-electron chi connectivity index (χ0n) is 9.07. The number of carbonyl (C=O) groups excluding carboxylic acids is 1. The Morgan fingerprint density at radius 2 is 1.89 bits per heavy atom. The number of benzene rings is 1. The first kappa shape index (κ1) is 12.3. The SMILES string of the molecule is O=C1CN(c2ccc(OC(F)(F)F)cc2)C=CN1.